The fourth-order valence-electron chi connectivity index (χ4n) is 1.94. The Kier molecular flexibility index (Phi) is 6.29. The van der Waals surface area contributed by atoms with Gasteiger partial charge in [-0.1, -0.05) is 17.7 Å². The van der Waals surface area contributed by atoms with E-state index in [0.717, 1.165) is 22.0 Å². The van der Waals surface area contributed by atoms with Crippen molar-refractivity contribution in [2.45, 2.75) is 18.7 Å². The van der Waals surface area contributed by atoms with E-state index in [-0.39, 0.29) is 38.8 Å². The SMILES string of the molecule is CCN(c1ccc(F)[c-]c1F)S(=O)(=O)c1ccc(C)cc1.[Ti]. The van der Waals surface area contributed by atoms with Gasteiger partial charge in [0.1, 0.15) is 0 Å². The van der Waals surface area contributed by atoms with E-state index < -0.39 is 21.7 Å². The van der Waals surface area contributed by atoms with Crippen LogP contribution in [0.5, 0.6) is 0 Å². The first kappa shape index (κ1) is 18.8. The summed E-state index contributed by atoms with van der Waals surface area (Å²) >= 11 is 0. The molecule has 0 heterocycles. The Morgan fingerprint density at radius 2 is 1.68 bits per heavy atom. The average molecular weight is 358 g/mol. The van der Waals surface area contributed by atoms with Crippen molar-refractivity contribution in [3.8, 4) is 0 Å². The molecule has 22 heavy (non-hydrogen) atoms. The van der Waals surface area contributed by atoms with Crippen LogP contribution in [0.4, 0.5) is 14.5 Å². The Bertz CT molecular complexity index is 749. The maximum atomic E-state index is 13.8. The van der Waals surface area contributed by atoms with Crippen LogP contribution in [0.15, 0.2) is 41.3 Å². The predicted octanol–water partition coefficient (Wildman–Crippen LogP) is 3.29. The van der Waals surface area contributed by atoms with Crippen molar-refractivity contribution in [3.63, 3.8) is 0 Å². The molecule has 0 aliphatic heterocycles. The first-order valence-electron chi connectivity index (χ1n) is 6.33. The van der Waals surface area contributed by atoms with E-state index in [0.29, 0.717) is 0 Å². The number of halogens is 2. The fourth-order valence-corrected chi connectivity index (χ4v) is 3.41. The Labute approximate surface area is 143 Å². The minimum absolute atomic E-state index is 0. The molecule has 2 aromatic carbocycles. The third-order valence-electron chi connectivity index (χ3n) is 3.01. The third-order valence-corrected chi connectivity index (χ3v) is 4.91. The number of hydrogen-bond acceptors (Lipinski definition) is 2. The summed E-state index contributed by atoms with van der Waals surface area (Å²) in [6, 6.07) is 10.2. The minimum Gasteiger partial charge on any atom is -0.317 e. The van der Waals surface area contributed by atoms with E-state index in [4.69, 9.17) is 0 Å². The number of rotatable bonds is 4. The molecule has 0 aliphatic carbocycles. The van der Waals surface area contributed by atoms with Crippen LogP contribution in [-0.4, -0.2) is 15.0 Å². The number of anilines is 1. The molecule has 0 saturated carbocycles. The van der Waals surface area contributed by atoms with Gasteiger partial charge < -0.3 is 4.31 Å². The fraction of sp³-hybridized carbons (Fsp3) is 0.200. The number of nitrogens with zero attached hydrogens (tertiary/aromatic N) is 1. The standard InChI is InChI=1S/C15H14F2NO2S.Ti/c1-3-18(15-9-6-12(16)10-14(15)17)21(19,20)13-7-4-11(2)5-8-13;/h4-9H,3H2,1-2H3;/q-1;. The molecule has 0 spiro atoms. The second-order valence-corrected chi connectivity index (χ2v) is 6.35. The van der Waals surface area contributed by atoms with E-state index in [2.05, 4.69) is 0 Å². The van der Waals surface area contributed by atoms with Crippen molar-refractivity contribution in [2.75, 3.05) is 10.8 Å². The summed E-state index contributed by atoms with van der Waals surface area (Å²) in [7, 11) is -3.91. The van der Waals surface area contributed by atoms with Gasteiger partial charge in [-0.25, -0.2) is 17.2 Å². The second-order valence-electron chi connectivity index (χ2n) is 4.49. The van der Waals surface area contributed by atoms with Gasteiger partial charge in [0.15, 0.2) is 0 Å². The molecular formula is C15H14F2NO2STi-. The van der Waals surface area contributed by atoms with Gasteiger partial charge in [-0.2, -0.15) is 0 Å². The zero-order valence-electron chi connectivity index (χ0n) is 12.1. The summed E-state index contributed by atoms with van der Waals surface area (Å²) in [4.78, 5) is 0.0543. The summed E-state index contributed by atoms with van der Waals surface area (Å²) in [5.41, 5.74) is 0.692. The van der Waals surface area contributed by atoms with Crippen LogP contribution in [-0.2, 0) is 31.7 Å². The summed E-state index contributed by atoms with van der Waals surface area (Å²) in [6.07, 6.45) is 0. The van der Waals surface area contributed by atoms with E-state index in [1.807, 2.05) is 13.0 Å². The van der Waals surface area contributed by atoms with Crippen LogP contribution in [0, 0.1) is 24.6 Å². The number of sulfonamides is 1. The Morgan fingerprint density at radius 1 is 1.09 bits per heavy atom. The van der Waals surface area contributed by atoms with Crippen molar-refractivity contribution < 1.29 is 38.9 Å². The van der Waals surface area contributed by atoms with Gasteiger partial charge in [0.2, 0.25) is 0 Å². The predicted molar refractivity (Wildman–Crippen MR) is 76.6 cm³/mol. The Hall–Kier alpha value is -1.24. The molecule has 0 aliphatic rings. The van der Waals surface area contributed by atoms with Crippen molar-refractivity contribution >= 4 is 15.7 Å². The first-order valence-corrected chi connectivity index (χ1v) is 7.77. The van der Waals surface area contributed by atoms with Crippen LogP contribution in [0.3, 0.4) is 0 Å². The monoisotopic (exact) mass is 358 g/mol. The molecule has 0 fully saturated rings. The van der Waals surface area contributed by atoms with Crippen LogP contribution >= 0.6 is 0 Å². The molecule has 116 valence electrons. The first-order chi connectivity index (χ1) is 9.86. The van der Waals surface area contributed by atoms with Gasteiger partial charge in [0.25, 0.3) is 10.0 Å². The molecule has 2 rings (SSSR count). The summed E-state index contributed by atoms with van der Waals surface area (Å²) in [6.45, 7) is 3.43. The molecule has 0 unspecified atom stereocenters. The second kappa shape index (κ2) is 7.35. The number of hydrogen-bond donors (Lipinski definition) is 0. The van der Waals surface area contributed by atoms with Crippen molar-refractivity contribution in [1.82, 2.24) is 0 Å². The Morgan fingerprint density at radius 3 is 2.18 bits per heavy atom. The smallest absolute Gasteiger partial charge is 0.254 e. The summed E-state index contributed by atoms with van der Waals surface area (Å²) < 4.78 is 52.7. The van der Waals surface area contributed by atoms with Gasteiger partial charge in [0, 0.05) is 39.9 Å². The van der Waals surface area contributed by atoms with Gasteiger partial charge in [-0.05, 0) is 31.7 Å². The van der Waals surface area contributed by atoms with Crippen LogP contribution in [0.1, 0.15) is 12.5 Å². The van der Waals surface area contributed by atoms with Crippen molar-refractivity contribution in [3.05, 3.63) is 59.7 Å². The molecule has 0 N–H and O–H groups in total. The molecule has 2 aromatic rings. The molecule has 0 aromatic heterocycles. The van der Waals surface area contributed by atoms with Crippen LogP contribution in [0.2, 0.25) is 0 Å². The third kappa shape index (κ3) is 3.74. The molecule has 0 atom stereocenters. The Balaban J connectivity index is 0.00000242. The zero-order chi connectivity index (χ0) is 15.6. The van der Waals surface area contributed by atoms with Crippen molar-refractivity contribution in [1.29, 1.82) is 0 Å². The molecular weight excluding hydrogens is 344 g/mol. The van der Waals surface area contributed by atoms with E-state index in [1.54, 1.807) is 19.1 Å². The van der Waals surface area contributed by atoms with Gasteiger partial charge in [-0.3, -0.25) is 0 Å². The minimum atomic E-state index is -3.91. The normalized spacial score (nSPS) is 10.9. The molecule has 0 bridgehead atoms. The molecule has 0 amide bonds. The van der Waals surface area contributed by atoms with Crippen LogP contribution in [0.25, 0.3) is 0 Å². The van der Waals surface area contributed by atoms with E-state index >= 15 is 0 Å². The topological polar surface area (TPSA) is 37.4 Å². The molecule has 7 heteroatoms. The number of benzene rings is 2. The molecule has 0 radical (unpaired) electrons. The summed E-state index contributed by atoms with van der Waals surface area (Å²) in [5, 5.41) is 0. The number of aryl methyl sites for hydroxylation is 1. The van der Waals surface area contributed by atoms with Gasteiger partial charge in [-0.15, -0.1) is 18.2 Å². The van der Waals surface area contributed by atoms with Crippen molar-refractivity contribution in [2.24, 2.45) is 0 Å². The maximum Gasteiger partial charge on any atom is 0.254 e. The zero-order valence-corrected chi connectivity index (χ0v) is 14.5. The molecule has 0 saturated heterocycles. The quantitative estimate of drug-likeness (QED) is 0.621. The van der Waals surface area contributed by atoms with E-state index in [1.165, 1.54) is 12.1 Å². The largest absolute Gasteiger partial charge is 0.317 e. The van der Waals surface area contributed by atoms with Gasteiger partial charge >= 0.3 is 0 Å². The van der Waals surface area contributed by atoms with Crippen LogP contribution < -0.4 is 4.31 Å². The molecule has 3 nitrogen and oxygen atoms in total. The maximum absolute atomic E-state index is 13.8. The summed E-state index contributed by atoms with van der Waals surface area (Å²) in [5.74, 6) is -1.91. The van der Waals surface area contributed by atoms with E-state index in [9.17, 15) is 17.2 Å². The van der Waals surface area contributed by atoms with Gasteiger partial charge in [0.05, 0.1) is 4.90 Å². The average Bonchev–Trinajstić information content (AvgIpc) is 2.42.